The minimum atomic E-state index is -0.558. The van der Waals surface area contributed by atoms with Gasteiger partial charge in [0.05, 0.1) is 13.2 Å². The number of benzene rings is 1. The van der Waals surface area contributed by atoms with Crippen LogP contribution in [-0.4, -0.2) is 49.7 Å². The van der Waals surface area contributed by atoms with Crippen LogP contribution >= 0.6 is 0 Å². The third kappa shape index (κ3) is 6.93. The van der Waals surface area contributed by atoms with E-state index in [4.69, 9.17) is 14.2 Å². The third-order valence-electron chi connectivity index (χ3n) is 5.23. The summed E-state index contributed by atoms with van der Waals surface area (Å²) in [6.45, 7) is 11.9. The van der Waals surface area contributed by atoms with E-state index in [0.29, 0.717) is 61.4 Å². The lowest BCUT2D eigenvalue weighted by Gasteiger charge is -2.27. The molecule has 7 heteroatoms. The molecule has 1 aliphatic heterocycles. The molecule has 0 aliphatic carbocycles. The molecule has 1 heterocycles. The first-order valence-corrected chi connectivity index (χ1v) is 11.5. The minimum Gasteiger partial charge on any atom is -0.490 e. The van der Waals surface area contributed by atoms with Crippen molar-refractivity contribution in [1.29, 1.82) is 5.26 Å². The molecule has 0 saturated carbocycles. The maximum Gasteiger partial charge on any atom is 0.271 e. The number of rotatable bonds is 12. The number of imide groups is 1. The van der Waals surface area contributed by atoms with E-state index >= 15 is 0 Å². The largest absolute Gasteiger partial charge is 0.490 e. The van der Waals surface area contributed by atoms with Crippen LogP contribution in [0.15, 0.2) is 34.9 Å². The van der Waals surface area contributed by atoms with Gasteiger partial charge >= 0.3 is 0 Å². The Morgan fingerprint density at radius 1 is 1.06 bits per heavy atom. The van der Waals surface area contributed by atoms with Crippen LogP contribution in [0.2, 0.25) is 0 Å². The summed E-state index contributed by atoms with van der Waals surface area (Å²) in [6, 6.07) is 7.43. The molecule has 2 amide bonds. The maximum atomic E-state index is 13.2. The van der Waals surface area contributed by atoms with Gasteiger partial charge in [-0.15, -0.1) is 0 Å². The zero-order valence-electron chi connectivity index (χ0n) is 20.3. The SMILES string of the molecule is CCOCCCN1C(=O)C(C#N)=C(C)/C(=C\c2ccc(OCCC(C)C)c(OCC)c2)C1=O. The van der Waals surface area contributed by atoms with Gasteiger partial charge in [-0.05, 0) is 68.9 Å². The van der Waals surface area contributed by atoms with Crippen molar-refractivity contribution in [3.8, 4) is 17.6 Å². The van der Waals surface area contributed by atoms with E-state index in [-0.39, 0.29) is 12.1 Å². The second-order valence-corrected chi connectivity index (χ2v) is 8.15. The average molecular weight is 455 g/mol. The highest BCUT2D eigenvalue weighted by Crippen LogP contribution is 2.32. The topological polar surface area (TPSA) is 88.9 Å². The molecule has 0 saturated heterocycles. The molecule has 0 fully saturated rings. The average Bonchev–Trinajstić information content (AvgIpc) is 2.78. The van der Waals surface area contributed by atoms with Crippen molar-refractivity contribution in [3.63, 3.8) is 0 Å². The predicted octanol–water partition coefficient (Wildman–Crippen LogP) is 4.53. The minimum absolute atomic E-state index is 0.0177. The predicted molar refractivity (Wildman–Crippen MR) is 127 cm³/mol. The van der Waals surface area contributed by atoms with E-state index in [1.54, 1.807) is 13.0 Å². The van der Waals surface area contributed by atoms with Crippen LogP contribution < -0.4 is 9.47 Å². The van der Waals surface area contributed by atoms with Gasteiger partial charge in [0.2, 0.25) is 0 Å². The lowest BCUT2D eigenvalue weighted by Crippen LogP contribution is -2.43. The first-order valence-electron chi connectivity index (χ1n) is 11.5. The van der Waals surface area contributed by atoms with E-state index < -0.39 is 11.8 Å². The molecule has 33 heavy (non-hydrogen) atoms. The van der Waals surface area contributed by atoms with Crippen molar-refractivity contribution in [2.24, 2.45) is 5.92 Å². The first-order chi connectivity index (χ1) is 15.8. The van der Waals surface area contributed by atoms with Crippen LogP contribution in [0.4, 0.5) is 0 Å². The Labute approximate surface area is 196 Å². The van der Waals surface area contributed by atoms with E-state index in [1.165, 1.54) is 0 Å². The molecule has 0 aromatic heterocycles. The number of carbonyl (C=O) groups excluding carboxylic acids is 2. The lowest BCUT2D eigenvalue weighted by atomic mass is 9.93. The Morgan fingerprint density at radius 3 is 2.45 bits per heavy atom. The zero-order valence-corrected chi connectivity index (χ0v) is 20.3. The number of carbonyl (C=O) groups is 2. The van der Waals surface area contributed by atoms with Crippen LogP contribution in [-0.2, 0) is 14.3 Å². The van der Waals surface area contributed by atoms with Crippen LogP contribution in [0.1, 0.15) is 53.0 Å². The Hall–Kier alpha value is -3.11. The highest BCUT2D eigenvalue weighted by molar-refractivity contribution is 6.19. The van der Waals surface area contributed by atoms with Crippen LogP contribution in [0.5, 0.6) is 11.5 Å². The first kappa shape index (κ1) is 26.1. The van der Waals surface area contributed by atoms with Gasteiger partial charge in [-0.2, -0.15) is 5.26 Å². The fourth-order valence-corrected chi connectivity index (χ4v) is 3.38. The smallest absolute Gasteiger partial charge is 0.271 e. The second-order valence-electron chi connectivity index (χ2n) is 8.15. The fourth-order valence-electron chi connectivity index (χ4n) is 3.38. The molecule has 0 bridgehead atoms. The fraction of sp³-hybridized carbons (Fsp3) is 0.500. The summed E-state index contributed by atoms with van der Waals surface area (Å²) in [6.07, 6.45) is 3.13. The standard InChI is InChI=1S/C26H34N2O5/c1-6-31-13-8-12-28-25(29)21(19(5)22(17-27)26(28)30)15-20-9-10-23(24(16-20)32-7-2)33-14-11-18(3)4/h9-10,15-16,18H,6-8,11-14H2,1-5H3/b21-15+. The summed E-state index contributed by atoms with van der Waals surface area (Å²) < 4.78 is 17.0. The van der Waals surface area contributed by atoms with Gasteiger partial charge in [-0.25, -0.2) is 0 Å². The summed E-state index contributed by atoms with van der Waals surface area (Å²) >= 11 is 0. The number of hydrogen-bond donors (Lipinski definition) is 0. The summed E-state index contributed by atoms with van der Waals surface area (Å²) in [5.41, 5.74) is 1.40. The van der Waals surface area contributed by atoms with Gasteiger partial charge in [0, 0.05) is 25.3 Å². The maximum absolute atomic E-state index is 13.2. The van der Waals surface area contributed by atoms with Crippen molar-refractivity contribution >= 4 is 17.9 Å². The lowest BCUT2D eigenvalue weighted by molar-refractivity contribution is -0.140. The van der Waals surface area contributed by atoms with E-state index in [0.717, 1.165) is 16.9 Å². The molecule has 7 nitrogen and oxygen atoms in total. The van der Waals surface area contributed by atoms with E-state index in [2.05, 4.69) is 13.8 Å². The Balaban J connectivity index is 2.36. The monoisotopic (exact) mass is 454 g/mol. The molecule has 2 rings (SSSR count). The summed E-state index contributed by atoms with van der Waals surface area (Å²) in [5.74, 6) is 0.795. The van der Waals surface area contributed by atoms with Crippen molar-refractivity contribution in [2.45, 2.75) is 47.5 Å². The number of hydrogen-bond acceptors (Lipinski definition) is 6. The highest BCUT2D eigenvalue weighted by Gasteiger charge is 2.35. The number of ether oxygens (including phenoxy) is 3. The summed E-state index contributed by atoms with van der Waals surface area (Å²) in [4.78, 5) is 27.0. The molecule has 1 aromatic rings. The molecular formula is C26H34N2O5. The van der Waals surface area contributed by atoms with Crippen LogP contribution in [0, 0.1) is 17.2 Å². The molecule has 1 aliphatic rings. The van der Waals surface area contributed by atoms with Crippen molar-refractivity contribution in [2.75, 3.05) is 33.0 Å². The molecule has 0 radical (unpaired) electrons. The molecule has 0 atom stereocenters. The second kappa shape index (κ2) is 12.8. The van der Waals surface area contributed by atoms with Crippen molar-refractivity contribution in [1.82, 2.24) is 4.90 Å². The van der Waals surface area contributed by atoms with Gasteiger partial charge < -0.3 is 14.2 Å². The molecule has 178 valence electrons. The van der Waals surface area contributed by atoms with Gasteiger partial charge in [0.25, 0.3) is 11.8 Å². The van der Waals surface area contributed by atoms with E-state index in [1.807, 2.05) is 38.1 Å². The van der Waals surface area contributed by atoms with Gasteiger partial charge in [-0.1, -0.05) is 19.9 Å². The molecule has 0 spiro atoms. The molecule has 0 N–H and O–H groups in total. The van der Waals surface area contributed by atoms with Crippen molar-refractivity contribution < 1.29 is 23.8 Å². The summed E-state index contributed by atoms with van der Waals surface area (Å²) in [7, 11) is 0. The van der Waals surface area contributed by atoms with Crippen LogP contribution in [0.3, 0.4) is 0 Å². The number of nitrogens with zero attached hydrogens (tertiary/aromatic N) is 2. The third-order valence-corrected chi connectivity index (χ3v) is 5.23. The Kier molecular flexibility index (Phi) is 10.1. The normalized spacial score (nSPS) is 15.4. The number of nitriles is 1. The van der Waals surface area contributed by atoms with E-state index in [9.17, 15) is 14.9 Å². The molecule has 1 aromatic carbocycles. The molecule has 0 unspecified atom stereocenters. The van der Waals surface area contributed by atoms with Gasteiger partial charge in [0.15, 0.2) is 11.5 Å². The van der Waals surface area contributed by atoms with Gasteiger partial charge in [-0.3, -0.25) is 14.5 Å². The van der Waals surface area contributed by atoms with Crippen molar-refractivity contribution in [3.05, 3.63) is 40.5 Å². The molecular weight excluding hydrogens is 420 g/mol. The van der Waals surface area contributed by atoms with Gasteiger partial charge in [0.1, 0.15) is 11.6 Å². The zero-order chi connectivity index (χ0) is 24.4. The summed E-state index contributed by atoms with van der Waals surface area (Å²) in [5, 5.41) is 9.55. The highest BCUT2D eigenvalue weighted by atomic mass is 16.5. The Bertz CT molecular complexity index is 956. The number of amides is 2. The Morgan fingerprint density at radius 2 is 1.82 bits per heavy atom. The van der Waals surface area contributed by atoms with Crippen LogP contribution in [0.25, 0.3) is 6.08 Å². The quantitative estimate of drug-likeness (QED) is 0.262.